The van der Waals surface area contributed by atoms with Gasteiger partial charge >= 0.3 is 0 Å². The zero-order valence-electron chi connectivity index (χ0n) is 20.5. The number of fused-ring (bicyclic) bond motifs is 1. The lowest BCUT2D eigenvalue weighted by Gasteiger charge is -2.33. The van der Waals surface area contributed by atoms with Crippen LogP contribution in [0.1, 0.15) is 50.0 Å². The van der Waals surface area contributed by atoms with Crippen LogP contribution in [0.4, 0.5) is 4.39 Å². The van der Waals surface area contributed by atoms with Crippen molar-refractivity contribution in [2.24, 2.45) is 7.05 Å². The standard InChI is InChI=1S/C28H31FN4O/c1-6-9-26(19(3)20(4)28-31-18(2)14-27(34)32(28)5)33-13-12-25-22(17-33)15-21(16-30-25)23-10-7-8-11-24(23)29/h7-11,14-16H,6,12-13,17H2,1-5H3/b20-19-,26-9-. The van der Waals surface area contributed by atoms with E-state index in [4.69, 9.17) is 0 Å². The number of halogens is 1. The Morgan fingerprint density at radius 2 is 1.97 bits per heavy atom. The Labute approximate surface area is 200 Å². The van der Waals surface area contributed by atoms with Crippen LogP contribution >= 0.6 is 0 Å². The van der Waals surface area contributed by atoms with Crippen LogP contribution in [0.15, 0.2) is 64.7 Å². The highest BCUT2D eigenvalue weighted by atomic mass is 19.1. The molecule has 0 bridgehead atoms. The van der Waals surface area contributed by atoms with E-state index in [0.717, 1.165) is 53.1 Å². The molecule has 176 valence electrons. The second-order valence-electron chi connectivity index (χ2n) is 8.85. The summed E-state index contributed by atoms with van der Waals surface area (Å²) in [5.41, 5.74) is 7.40. The summed E-state index contributed by atoms with van der Waals surface area (Å²) in [6.07, 6.45) is 5.71. The number of hydrogen-bond acceptors (Lipinski definition) is 4. The third kappa shape index (κ3) is 4.58. The van der Waals surface area contributed by atoms with Gasteiger partial charge in [0.15, 0.2) is 0 Å². The summed E-state index contributed by atoms with van der Waals surface area (Å²) in [4.78, 5) is 24.0. The van der Waals surface area contributed by atoms with E-state index >= 15 is 0 Å². The molecule has 5 nitrogen and oxygen atoms in total. The van der Waals surface area contributed by atoms with Crippen molar-refractivity contribution in [2.75, 3.05) is 6.54 Å². The Morgan fingerprint density at radius 1 is 1.21 bits per heavy atom. The lowest BCUT2D eigenvalue weighted by atomic mass is 9.97. The van der Waals surface area contributed by atoms with Gasteiger partial charge in [-0.1, -0.05) is 31.2 Å². The molecule has 4 rings (SSSR count). The average Bonchev–Trinajstić information content (AvgIpc) is 2.83. The lowest BCUT2D eigenvalue weighted by molar-refractivity contribution is 0.324. The Bertz CT molecular complexity index is 1350. The van der Waals surface area contributed by atoms with Gasteiger partial charge in [-0.25, -0.2) is 9.37 Å². The highest BCUT2D eigenvalue weighted by molar-refractivity contribution is 5.67. The van der Waals surface area contributed by atoms with Crippen molar-refractivity contribution in [3.05, 3.63) is 98.9 Å². The van der Waals surface area contributed by atoms with Crippen LogP contribution in [0.2, 0.25) is 0 Å². The second kappa shape index (κ2) is 9.75. The summed E-state index contributed by atoms with van der Waals surface area (Å²) in [5.74, 6) is 0.444. The Morgan fingerprint density at radius 3 is 2.71 bits per heavy atom. The van der Waals surface area contributed by atoms with Gasteiger partial charge in [-0.15, -0.1) is 0 Å². The zero-order chi connectivity index (χ0) is 24.4. The predicted molar refractivity (Wildman–Crippen MR) is 135 cm³/mol. The summed E-state index contributed by atoms with van der Waals surface area (Å²) in [6, 6.07) is 10.4. The molecule has 0 amide bonds. The minimum Gasteiger partial charge on any atom is -0.367 e. The number of hydrogen-bond donors (Lipinski definition) is 0. The molecule has 34 heavy (non-hydrogen) atoms. The number of nitrogens with zero attached hydrogens (tertiary/aromatic N) is 4. The van der Waals surface area contributed by atoms with E-state index in [1.807, 2.05) is 19.9 Å². The summed E-state index contributed by atoms with van der Waals surface area (Å²) in [7, 11) is 1.76. The minimum atomic E-state index is -0.242. The van der Waals surface area contributed by atoms with E-state index in [-0.39, 0.29) is 11.4 Å². The van der Waals surface area contributed by atoms with E-state index < -0.39 is 0 Å². The summed E-state index contributed by atoms with van der Waals surface area (Å²) >= 11 is 0. The molecule has 1 aliphatic rings. The lowest BCUT2D eigenvalue weighted by Crippen LogP contribution is -2.31. The normalized spacial score (nSPS) is 14.6. The number of benzene rings is 1. The molecule has 0 atom stereocenters. The van der Waals surface area contributed by atoms with Crippen LogP contribution in [-0.2, 0) is 20.0 Å². The first kappa shape index (κ1) is 23.6. The molecule has 0 saturated carbocycles. The van der Waals surface area contributed by atoms with Gasteiger partial charge in [0, 0.05) is 67.0 Å². The Hall–Kier alpha value is -3.54. The maximum atomic E-state index is 14.4. The number of aryl methyl sites for hydroxylation is 1. The van der Waals surface area contributed by atoms with E-state index in [1.54, 1.807) is 36.0 Å². The molecule has 0 fully saturated rings. The third-order valence-corrected chi connectivity index (χ3v) is 6.51. The van der Waals surface area contributed by atoms with Crippen molar-refractivity contribution in [3.8, 4) is 11.1 Å². The molecule has 1 aliphatic heterocycles. The van der Waals surface area contributed by atoms with E-state index in [0.29, 0.717) is 23.6 Å². The number of allylic oxidation sites excluding steroid dienone is 3. The fraction of sp³-hybridized carbons (Fsp3) is 0.321. The molecule has 0 spiro atoms. The van der Waals surface area contributed by atoms with Gasteiger partial charge in [0.05, 0.1) is 0 Å². The van der Waals surface area contributed by atoms with Crippen LogP contribution in [0.25, 0.3) is 16.7 Å². The molecule has 0 radical (unpaired) electrons. The van der Waals surface area contributed by atoms with Crippen LogP contribution in [0.3, 0.4) is 0 Å². The molecule has 3 heterocycles. The van der Waals surface area contributed by atoms with Gasteiger partial charge in [0.25, 0.3) is 5.56 Å². The van der Waals surface area contributed by atoms with Gasteiger partial charge in [0.2, 0.25) is 0 Å². The molecule has 1 aromatic carbocycles. The molecular weight excluding hydrogens is 427 g/mol. The summed E-state index contributed by atoms with van der Waals surface area (Å²) in [5, 5.41) is 0. The van der Waals surface area contributed by atoms with Gasteiger partial charge in [-0.3, -0.25) is 14.3 Å². The first-order valence-corrected chi connectivity index (χ1v) is 11.7. The predicted octanol–water partition coefficient (Wildman–Crippen LogP) is 5.44. The molecule has 3 aromatic rings. The molecule has 0 unspecified atom stereocenters. The highest BCUT2D eigenvalue weighted by Gasteiger charge is 2.22. The van der Waals surface area contributed by atoms with Gasteiger partial charge in [-0.05, 0) is 56.0 Å². The molecule has 6 heteroatoms. The molecular formula is C28H31FN4O. The van der Waals surface area contributed by atoms with Crippen LogP contribution in [-0.4, -0.2) is 26.0 Å². The van der Waals surface area contributed by atoms with Crippen molar-refractivity contribution in [3.63, 3.8) is 0 Å². The second-order valence-corrected chi connectivity index (χ2v) is 8.85. The molecule has 0 saturated heterocycles. The van der Waals surface area contributed by atoms with Crippen LogP contribution in [0, 0.1) is 12.7 Å². The fourth-order valence-corrected chi connectivity index (χ4v) is 4.54. The zero-order valence-corrected chi connectivity index (χ0v) is 20.5. The van der Waals surface area contributed by atoms with Crippen molar-refractivity contribution < 1.29 is 4.39 Å². The van der Waals surface area contributed by atoms with Crippen LogP contribution in [0.5, 0.6) is 0 Å². The minimum absolute atomic E-state index is 0.0608. The number of pyridine rings is 1. The van der Waals surface area contributed by atoms with E-state index in [1.165, 1.54) is 6.07 Å². The van der Waals surface area contributed by atoms with E-state index in [2.05, 4.69) is 40.9 Å². The molecule has 2 aromatic heterocycles. The molecule has 0 N–H and O–H groups in total. The van der Waals surface area contributed by atoms with Gasteiger partial charge < -0.3 is 4.90 Å². The van der Waals surface area contributed by atoms with Crippen molar-refractivity contribution >= 4 is 5.57 Å². The smallest absolute Gasteiger partial charge is 0.253 e. The van der Waals surface area contributed by atoms with Gasteiger partial charge in [0.1, 0.15) is 11.6 Å². The first-order valence-electron chi connectivity index (χ1n) is 11.7. The quantitative estimate of drug-likeness (QED) is 0.478. The SMILES string of the molecule is CC/C=C(/C(C)=C(/C)c1nc(C)cc(=O)n1C)N1CCc2ncc(-c3ccccc3F)cc2C1. The topological polar surface area (TPSA) is 51.0 Å². The average molecular weight is 459 g/mol. The summed E-state index contributed by atoms with van der Waals surface area (Å²) < 4.78 is 16.0. The van der Waals surface area contributed by atoms with Crippen LogP contribution < -0.4 is 5.56 Å². The largest absolute Gasteiger partial charge is 0.367 e. The molecule has 0 aliphatic carbocycles. The monoisotopic (exact) mass is 458 g/mol. The Kier molecular flexibility index (Phi) is 6.77. The fourth-order valence-electron chi connectivity index (χ4n) is 4.54. The third-order valence-electron chi connectivity index (χ3n) is 6.51. The highest BCUT2D eigenvalue weighted by Crippen LogP contribution is 2.31. The van der Waals surface area contributed by atoms with Crippen molar-refractivity contribution in [1.82, 2.24) is 19.4 Å². The number of aromatic nitrogens is 3. The maximum Gasteiger partial charge on any atom is 0.253 e. The van der Waals surface area contributed by atoms with Crippen molar-refractivity contribution in [2.45, 2.75) is 47.1 Å². The number of rotatable bonds is 5. The van der Waals surface area contributed by atoms with Gasteiger partial charge in [-0.2, -0.15) is 0 Å². The van der Waals surface area contributed by atoms with Crippen molar-refractivity contribution in [1.29, 1.82) is 0 Å². The maximum absolute atomic E-state index is 14.4. The summed E-state index contributed by atoms with van der Waals surface area (Å²) in [6.45, 7) is 9.62. The van der Waals surface area contributed by atoms with E-state index in [9.17, 15) is 9.18 Å². The Balaban J connectivity index is 1.71. The first-order chi connectivity index (χ1) is 16.3.